The molecule has 2 heterocycles. The minimum atomic E-state index is 0.355. The topological polar surface area (TPSA) is 47.5 Å². The molecule has 35 heavy (non-hydrogen) atoms. The molecule has 1 aliphatic carbocycles. The van der Waals surface area contributed by atoms with E-state index < -0.39 is 0 Å². The summed E-state index contributed by atoms with van der Waals surface area (Å²) in [6.45, 7) is 17.0. The van der Waals surface area contributed by atoms with Crippen LogP contribution in [0.25, 0.3) is 0 Å². The molecular weight excluding hydrogens is 432 g/mol. The van der Waals surface area contributed by atoms with Crippen molar-refractivity contribution in [2.75, 3.05) is 55.4 Å². The second kappa shape index (κ2) is 10.3. The average Bonchev–Trinajstić information content (AvgIpc) is 3.02. The fourth-order valence-corrected chi connectivity index (χ4v) is 5.74. The first-order chi connectivity index (χ1) is 16.5. The predicted molar refractivity (Wildman–Crippen MR) is 148 cm³/mol. The maximum atomic E-state index is 4.99. The van der Waals surface area contributed by atoms with E-state index in [-0.39, 0.29) is 0 Å². The van der Waals surface area contributed by atoms with E-state index in [9.17, 15) is 0 Å². The normalized spacial score (nSPS) is 22.7. The molecular formula is C29H46N6. The van der Waals surface area contributed by atoms with Gasteiger partial charge in [0.05, 0.1) is 0 Å². The summed E-state index contributed by atoms with van der Waals surface area (Å²) in [5.74, 6) is 3.46. The largest absolute Gasteiger partial charge is 0.367 e. The van der Waals surface area contributed by atoms with Crippen molar-refractivity contribution in [1.29, 1.82) is 0 Å². The third kappa shape index (κ3) is 5.91. The van der Waals surface area contributed by atoms with Gasteiger partial charge in [0.1, 0.15) is 11.6 Å². The van der Waals surface area contributed by atoms with Gasteiger partial charge in [0.2, 0.25) is 5.95 Å². The van der Waals surface area contributed by atoms with Crippen LogP contribution >= 0.6 is 0 Å². The molecule has 0 bridgehead atoms. The second-order valence-electron chi connectivity index (χ2n) is 12.2. The fraction of sp³-hybridized carbons (Fsp3) is 0.655. The number of anilines is 3. The Morgan fingerprint density at radius 1 is 1.03 bits per heavy atom. The molecule has 2 aliphatic rings. The van der Waals surface area contributed by atoms with Crippen molar-refractivity contribution >= 4 is 17.6 Å². The van der Waals surface area contributed by atoms with Crippen LogP contribution in [0.1, 0.15) is 59.4 Å². The van der Waals surface area contributed by atoms with Crippen LogP contribution in [0.4, 0.5) is 17.6 Å². The Hall–Kier alpha value is -2.34. The van der Waals surface area contributed by atoms with Gasteiger partial charge in [-0.25, -0.2) is 0 Å². The van der Waals surface area contributed by atoms with Crippen LogP contribution in [-0.2, 0) is 6.54 Å². The van der Waals surface area contributed by atoms with E-state index in [1.54, 1.807) is 0 Å². The molecule has 0 spiro atoms. The van der Waals surface area contributed by atoms with Gasteiger partial charge in [-0.2, -0.15) is 9.97 Å². The summed E-state index contributed by atoms with van der Waals surface area (Å²) in [5.41, 5.74) is 2.13. The molecule has 192 valence electrons. The smallest absolute Gasteiger partial charge is 0.229 e. The third-order valence-corrected chi connectivity index (χ3v) is 8.98. The van der Waals surface area contributed by atoms with Gasteiger partial charge in [-0.15, -0.1) is 0 Å². The van der Waals surface area contributed by atoms with Crippen LogP contribution in [0, 0.1) is 16.7 Å². The first-order valence-corrected chi connectivity index (χ1v) is 13.4. The lowest BCUT2D eigenvalue weighted by Crippen LogP contribution is -2.46. The Morgan fingerprint density at radius 3 is 2.31 bits per heavy atom. The number of nitrogens with one attached hydrogen (secondary N) is 1. The van der Waals surface area contributed by atoms with E-state index in [0.29, 0.717) is 16.9 Å². The molecule has 6 nitrogen and oxygen atoms in total. The standard InChI is InChI=1S/C29H46N6/c1-22(19-24-13-14-28(2,3)29(24,4)5)30-25-20-26(33(6)7)32-27(31-25)35-17-15-34(16-18-35)21-23-11-9-8-10-12-23/h8-12,20,22,24H,13-19,21H2,1-7H3,(H,30,31,32)/t22-,24?/m0/s1. The Kier molecular flexibility index (Phi) is 7.60. The van der Waals surface area contributed by atoms with Gasteiger partial charge >= 0.3 is 0 Å². The van der Waals surface area contributed by atoms with Crippen LogP contribution in [0.15, 0.2) is 36.4 Å². The molecule has 1 aromatic carbocycles. The van der Waals surface area contributed by atoms with E-state index in [4.69, 9.17) is 9.97 Å². The lowest BCUT2D eigenvalue weighted by molar-refractivity contribution is 0.101. The zero-order valence-electron chi connectivity index (χ0n) is 23.0. The van der Waals surface area contributed by atoms with Gasteiger partial charge in [0.15, 0.2) is 0 Å². The Labute approximate surface area is 213 Å². The van der Waals surface area contributed by atoms with Gasteiger partial charge in [-0.05, 0) is 48.5 Å². The van der Waals surface area contributed by atoms with Crippen molar-refractivity contribution in [2.24, 2.45) is 16.7 Å². The minimum absolute atomic E-state index is 0.355. The first kappa shape index (κ1) is 25.7. The number of hydrogen-bond acceptors (Lipinski definition) is 6. The molecule has 0 amide bonds. The summed E-state index contributed by atoms with van der Waals surface area (Å²) in [6.07, 6.45) is 3.80. The maximum Gasteiger partial charge on any atom is 0.229 e. The molecule has 2 atom stereocenters. The van der Waals surface area contributed by atoms with Crippen molar-refractivity contribution in [3.8, 4) is 0 Å². The summed E-state index contributed by atoms with van der Waals surface area (Å²) in [5, 5.41) is 3.74. The van der Waals surface area contributed by atoms with E-state index in [1.807, 2.05) is 0 Å². The van der Waals surface area contributed by atoms with Gasteiger partial charge in [0, 0.05) is 58.9 Å². The van der Waals surface area contributed by atoms with Crippen LogP contribution in [0.5, 0.6) is 0 Å². The summed E-state index contributed by atoms with van der Waals surface area (Å²) < 4.78 is 0. The molecule has 1 aromatic heterocycles. The van der Waals surface area contributed by atoms with Gasteiger partial charge in [0.25, 0.3) is 0 Å². The van der Waals surface area contributed by atoms with Crippen molar-refractivity contribution in [3.05, 3.63) is 42.0 Å². The van der Waals surface area contributed by atoms with Crippen molar-refractivity contribution in [1.82, 2.24) is 14.9 Å². The number of hydrogen-bond donors (Lipinski definition) is 1. The number of nitrogens with zero attached hydrogens (tertiary/aromatic N) is 5. The van der Waals surface area contributed by atoms with E-state index >= 15 is 0 Å². The molecule has 1 aliphatic heterocycles. The Balaban J connectivity index is 1.40. The SMILES string of the molecule is C[C@@H](CC1CCC(C)(C)C1(C)C)Nc1cc(N(C)C)nc(N2CCN(Cc3ccccc3)CC2)n1. The monoisotopic (exact) mass is 478 g/mol. The highest BCUT2D eigenvalue weighted by Gasteiger charge is 2.48. The quantitative estimate of drug-likeness (QED) is 0.539. The molecule has 1 saturated heterocycles. The van der Waals surface area contributed by atoms with Crippen LogP contribution in [0.3, 0.4) is 0 Å². The molecule has 2 fully saturated rings. The van der Waals surface area contributed by atoms with Gasteiger partial charge in [-0.1, -0.05) is 58.0 Å². The first-order valence-electron chi connectivity index (χ1n) is 13.4. The highest BCUT2D eigenvalue weighted by atomic mass is 15.3. The molecule has 0 radical (unpaired) electrons. The molecule has 2 aromatic rings. The number of aromatic nitrogens is 2. The van der Waals surface area contributed by atoms with Crippen LogP contribution in [0.2, 0.25) is 0 Å². The average molecular weight is 479 g/mol. The van der Waals surface area contributed by atoms with Crippen molar-refractivity contribution in [2.45, 2.75) is 66.5 Å². The van der Waals surface area contributed by atoms with Crippen LogP contribution < -0.4 is 15.1 Å². The molecule has 1 saturated carbocycles. The van der Waals surface area contributed by atoms with E-state index in [2.05, 4.69) is 105 Å². The van der Waals surface area contributed by atoms with E-state index in [1.165, 1.54) is 24.8 Å². The van der Waals surface area contributed by atoms with E-state index in [0.717, 1.165) is 56.2 Å². The fourth-order valence-electron chi connectivity index (χ4n) is 5.74. The predicted octanol–water partition coefficient (Wildman–Crippen LogP) is 5.52. The highest BCUT2D eigenvalue weighted by Crippen LogP contribution is 2.56. The summed E-state index contributed by atoms with van der Waals surface area (Å²) in [7, 11) is 4.11. The lowest BCUT2D eigenvalue weighted by atomic mass is 9.66. The molecule has 4 rings (SSSR count). The number of rotatable bonds is 8. The number of benzene rings is 1. The summed E-state index contributed by atoms with van der Waals surface area (Å²) in [4.78, 5) is 16.8. The van der Waals surface area contributed by atoms with Crippen LogP contribution in [-0.4, -0.2) is 61.2 Å². The Morgan fingerprint density at radius 2 is 1.71 bits per heavy atom. The molecule has 6 heteroatoms. The summed E-state index contributed by atoms with van der Waals surface area (Å²) in [6, 6.07) is 13.2. The van der Waals surface area contributed by atoms with Gasteiger partial charge in [-0.3, -0.25) is 4.90 Å². The molecule has 1 N–H and O–H groups in total. The minimum Gasteiger partial charge on any atom is -0.367 e. The maximum absolute atomic E-state index is 4.99. The zero-order chi connectivity index (χ0) is 25.2. The molecule has 1 unspecified atom stereocenters. The van der Waals surface area contributed by atoms with Crippen molar-refractivity contribution in [3.63, 3.8) is 0 Å². The lowest BCUT2D eigenvalue weighted by Gasteiger charge is -2.40. The summed E-state index contributed by atoms with van der Waals surface area (Å²) >= 11 is 0. The number of piperazine rings is 1. The van der Waals surface area contributed by atoms with Crippen molar-refractivity contribution < 1.29 is 0 Å². The van der Waals surface area contributed by atoms with Gasteiger partial charge < -0.3 is 15.1 Å². The third-order valence-electron chi connectivity index (χ3n) is 8.98. The Bertz CT molecular complexity index is 962. The highest BCUT2D eigenvalue weighted by molar-refractivity contribution is 5.54. The zero-order valence-corrected chi connectivity index (χ0v) is 23.0. The second-order valence-corrected chi connectivity index (χ2v) is 12.2.